The van der Waals surface area contributed by atoms with Crippen molar-refractivity contribution in [3.8, 4) is 0 Å². The van der Waals surface area contributed by atoms with Gasteiger partial charge in [-0.1, -0.05) is 6.42 Å². The molecule has 1 aromatic carbocycles. The van der Waals surface area contributed by atoms with Crippen LogP contribution in [0.3, 0.4) is 0 Å². The number of amides is 1. The Labute approximate surface area is 124 Å². The first-order valence-corrected chi connectivity index (χ1v) is 7.13. The molecule has 0 unspecified atom stereocenters. The van der Waals surface area contributed by atoms with E-state index < -0.39 is 5.97 Å². The van der Waals surface area contributed by atoms with Gasteiger partial charge in [-0.05, 0) is 49.9 Å². The highest BCUT2D eigenvalue weighted by molar-refractivity contribution is 5.97. The molecule has 0 atom stereocenters. The average Bonchev–Trinajstić information content (AvgIpc) is 2.37. The highest BCUT2D eigenvalue weighted by atomic mass is 16.5. The van der Waals surface area contributed by atoms with Crippen molar-refractivity contribution < 1.29 is 19.4 Å². The number of benzene rings is 1. The van der Waals surface area contributed by atoms with Crippen LogP contribution in [0.2, 0.25) is 0 Å². The van der Waals surface area contributed by atoms with Crippen LogP contribution in [-0.4, -0.2) is 30.7 Å². The van der Waals surface area contributed by atoms with Crippen LogP contribution in [0.25, 0.3) is 0 Å². The van der Waals surface area contributed by atoms with Crippen molar-refractivity contribution in [3.63, 3.8) is 0 Å². The Morgan fingerprint density at radius 2 is 2.10 bits per heavy atom. The highest BCUT2D eigenvalue weighted by Gasteiger charge is 2.43. The van der Waals surface area contributed by atoms with Gasteiger partial charge >= 0.3 is 5.97 Å². The molecule has 0 bridgehead atoms. The van der Waals surface area contributed by atoms with Crippen LogP contribution in [0.5, 0.6) is 0 Å². The molecular weight excluding hydrogens is 270 g/mol. The van der Waals surface area contributed by atoms with Gasteiger partial charge in [0.2, 0.25) is 5.91 Å². The number of carboxylic acid groups (broad SMARTS) is 1. The Balaban J connectivity index is 2.08. The molecule has 0 radical (unpaired) electrons. The number of carbonyl (C=O) groups excluding carboxylic acids is 1. The lowest BCUT2D eigenvalue weighted by molar-refractivity contribution is -0.131. The number of rotatable bonds is 6. The number of aromatic carboxylic acids is 1. The van der Waals surface area contributed by atoms with E-state index in [1.807, 2.05) is 0 Å². The van der Waals surface area contributed by atoms with E-state index in [2.05, 4.69) is 5.32 Å². The molecule has 1 aliphatic rings. The second-order valence-electron chi connectivity index (χ2n) is 5.67. The van der Waals surface area contributed by atoms with Crippen molar-refractivity contribution in [2.75, 3.05) is 19.0 Å². The molecule has 1 aromatic rings. The van der Waals surface area contributed by atoms with Gasteiger partial charge in [0.25, 0.3) is 0 Å². The normalized spacial score (nSPS) is 16.1. The fourth-order valence-corrected chi connectivity index (χ4v) is 2.74. The van der Waals surface area contributed by atoms with Crippen molar-refractivity contribution >= 4 is 17.6 Å². The number of anilines is 1. The quantitative estimate of drug-likeness (QED) is 0.845. The highest BCUT2D eigenvalue weighted by Crippen LogP contribution is 2.44. The second kappa shape index (κ2) is 6.26. The molecule has 0 heterocycles. The average molecular weight is 291 g/mol. The van der Waals surface area contributed by atoms with E-state index in [0.29, 0.717) is 17.9 Å². The first kappa shape index (κ1) is 15.5. The van der Waals surface area contributed by atoms with Gasteiger partial charge in [0.05, 0.1) is 11.0 Å². The van der Waals surface area contributed by atoms with Gasteiger partial charge in [0.15, 0.2) is 0 Å². The molecule has 1 fully saturated rings. The van der Waals surface area contributed by atoms with E-state index in [-0.39, 0.29) is 16.9 Å². The zero-order valence-electron chi connectivity index (χ0n) is 12.4. The van der Waals surface area contributed by atoms with E-state index in [1.165, 1.54) is 6.07 Å². The Bertz CT molecular complexity index is 549. The van der Waals surface area contributed by atoms with Crippen molar-refractivity contribution in [2.24, 2.45) is 5.41 Å². The maximum atomic E-state index is 12.5. The summed E-state index contributed by atoms with van der Waals surface area (Å²) in [6, 6.07) is 4.86. The number of carbonyl (C=O) groups is 2. The van der Waals surface area contributed by atoms with Crippen LogP contribution >= 0.6 is 0 Å². The molecular formula is C16H21NO4. The van der Waals surface area contributed by atoms with Gasteiger partial charge in [0.1, 0.15) is 0 Å². The van der Waals surface area contributed by atoms with Crippen molar-refractivity contribution in [1.82, 2.24) is 0 Å². The molecule has 1 saturated carbocycles. The molecule has 114 valence electrons. The first-order valence-electron chi connectivity index (χ1n) is 7.13. The Morgan fingerprint density at radius 1 is 1.38 bits per heavy atom. The van der Waals surface area contributed by atoms with Crippen LogP contribution < -0.4 is 5.32 Å². The Morgan fingerprint density at radius 3 is 2.57 bits per heavy atom. The zero-order chi connectivity index (χ0) is 15.5. The smallest absolute Gasteiger partial charge is 0.335 e. The molecule has 1 amide bonds. The molecule has 2 N–H and O–H groups in total. The van der Waals surface area contributed by atoms with Crippen LogP contribution in [0.15, 0.2) is 18.2 Å². The standard InChI is InChI=1S/C16H21NO4/c1-11-10-12(4-5-13(11)14(18)19)17-15(20)16(6-3-7-16)8-9-21-2/h4-5,10H,3,6-9H2,1-2H3,(H,17,20)(H,18,19). The summed E-state index contributed by atoms with van der Waals surface area (Å²) in [6.45, 7) is 2.30. The maximum absolute atomic E-state index is 12.5. The molecule has 0 aliphatic heterocycles. The first-order chi connectivity index (χ1) is 9.98. The van der Waals surface area contributed by atoms with Crippen LogP contribution in [0, 0.1) is 12.3 Å². The van der Waals surface area contributed by atoms with Crippen LogP contribution in [-0.2, 0) is 9.53 Å². The molecule has 0 spiro atoms. The fourth-order valence-electron chi connectivity index (χ4n) is 2.74. The summed E-state index contributed by atoms with van der Waals surface area (Å²) in [5.74, 6) is -0.950. The number of methoxy groups -OCH3 is 1. The third-order valence-electron chi connectivity index (χ3n) is 4.29. The summed E-state index contributed by atoms with van der Waals surface area (Å²) in [7, 11) is 1.64. The second-order valence-corrected chi connectivity index (χ2v) is 5.67. The SMILES string of the molecule is COCCC1(C(=O)Nc2ccc(C(=O)O)c(C)c2)CCC1. The molecule has 2 rings (SSSR count). The van der Waals surface area contributed by atoms with Gasteiger partial charge in [-0.25, -0.2) is 4.79 Å². The topological polar surface area (TPSA) is 75.6 Å². The summed E-state index contributed by atoms with van der Waals surface area (Å²) in [5.41, 5.74) is 1.21. The third kappa shape index (κ3) is 3.24. The van der Waals surface area contributed by atoms with E-state index in [4.69, 9.17) is 9.84 Å². The number of ether oxygens (including phenoxy) is 1. The lowest BCUT2D eigenvalue weighted by Gasteiger charge is -2.40. The van der Waals surface area contributed by atoms with Crippen molar-refractivity contribution in [2.45, 2.75) is 32.6 Å². The molecule has 5 nitrogen and oxygen atoms in total. The number of aryl methyl sites for hydroxylation is 1. The maximum Gasteiger partial charge on any atom is 0.335 e. The van der Waals surface area contributed by atoms with Gasteiger partial charge in [0, 0.05) is 19.4 Å². The molecule has 21 heavy (non-hydrogen) atoms. The minimum Gasteiger partial charge on any atom is -0.478 e. The Kier molecular flexibility index (Phi) is 4.63. The van der Waals surface area contributed by atoms with Gasteiger partial charge in [-0.2, -0.15) is 0 Å². The lowest BCUT2D eigenvalue weighted by Crippen LogP contribution is -2.42. The van der Waals surface area contributed by atoms with E-state index in [9.17, 15) is 9.59 Å². The number of nitrogens with one attached hydrogen (secondary N) is 1. The monoisotopic (exact) mass is 291 g/mol. The zero-order valence-corrected chi connectivity index (χ0v) is 12.4. The summed E-state index contributed by atoms with van der Waals surface area (Å²) < 4.78 is 5.09. The van der Waals surface area contributed by atoms with E-state index >= 15 is 0 Å². The molecule has 0 aromatic heterocycles. The van der Waals surface area contributed by atoms with E-state index in [1.54, 1.807) is 26.2 Å². The summed E-state index contributed by atoms with van der Waals surface area (Å²) in [4.78, 5) is 23.5. The summed E-state index contributed by atoms with van der Waals surface area (Å²) in [5, 5.41) is 11.9. The predicted molar refractivity (Wildman–Crippen MR) is 79.5 cm³/mol. The Hall–Kier alpha value is -1.88. The number of hydrogen-bond acceptors (Lipinski definition) is 3. The molecule has 5 heteroatoms. The summed E-state index contributed by atoms with van der Waals surface area (Å²) >= 11 is 0. The van der Waals surface area contributed by atoms with Crippen LogP contribution in [0.1, 0.15) is 41.6 Å². The van der Waals surface area contributed by atoms with Crippen molar-refractivity contribution in [1.29, 1.82) is 0 Å². The molecule has 1 aliphatic carbocycles. The third-order valence-corrected chi connectivity index (χ3v) is 4.29. The largest absolute Gasteiger partial charge is 0.478 e. The van der Waals surface area contributed by atoms with Gasteiger partial charge < -0.3 is 15.2 Å². The van der Waals surface area contributed by atoms with Gasteiger partial charge in [-0.3, -0.25) is 4.79 Å². The van der Waals surface area contributed by atoms with Gasteiger partial charge in [-0.15, -0.1) is 0 Å². The van der Waals surface area contributed by atoms with Crippen molar-refractivity contribution in [3.05, 3.63) is 29.3 Å². The predicted octanol–water partition coefficient (Wildman–Crippen LogP) is 2.84. The fraction of sp³-hybridized carbons (Fsp3) is 0.500. The van der Waals surface area contributed by atoms with Crippen LogP contribution in [0.4, 0.5) is 5.69 Å². The minimum absolute atomic E-state index is 0.00766. The molecule has 0 saturated heterocycles. The van der Waals surface area contributed by atoms with E-state index in [0.717, 1.165) is 25.7 Å². The summed E-state index contributed by atoms with van der Waals surface area (Å²) in [6.07, 6.45) is 3.55. The number of hydrogen-bond donors (Lipinski definition) is 2. The number of carboxylic acids is 1. The minimum atomic E-state index is -0.957. The lowest BCUT2D eigenvalue weighted by atomic mass is 9.66.